The van der Waals surface area contributed by atoms with Gasteiger partial charge in [-0.25, -0.2) is 0 Å². The van der Waals surface area contributed by atoms with Crippen LogP contribution in [0.1, 0.15) is 44.4 Å². The molecular weight excluding hydrogens is 396 g/mol. The fourth-order valence-electron chi connectivity index (χ4n) is 3.47. The van der Waals surface area contributed by atoms with Crippen LogP contribution < -0.4 is 10.2 Å². The van der Waals surface area contributed by atoms with Crippen molar-refractivity contribution < 1.29 is 14.4 Å². The second-order valence-electron chi connectivity index (χ2n) is 8.68. The summed E-state index contributed by atoms with van der Waals surface area (Å²) in [6.45, 7) is 7.72. The van der Waals surface area contributed by atoms with E-state index in [1.807, 2.05) is 82.3 Å². The molecule has 2 aromatic carbocycles. The number of nitrogens with zero attached hydrogens (tertiary/aromatic N) is 1. The molecule has 1 fully saturated rings. The van der Waals surface area contributed by atoms with E-state index in [9.17, 15) is 14.4 Å². The lowest BCUT2D eigenvalue weighted by molar-refractivity contribution is -0.129. The second kappa shape index (κ2) is 9.04. The van der Waals surface area contributed by atoms with E-state index in [4.69, 9.17) is 0 Å². The summed E-state index contributed by atoms with van der Waals surface area (Å²) < 4.78 is 0. The van der Waals surface area contributed by atoms with Crippen LogP contribution >= 0.6 is 11.8 Å². The van der Waals surface area contributed by atoms with Crippen molar-refractivity contribution in [3.05, 3.63) is 65.7 Å². The van der Waals surface area contributed by atoms with Crippen molar-refractivity contribution in [2.45, 2.75) is 45.7 Å². The number of amides is 2. The zero-order valence-electron chi connectivity index (χ0n) is 17.8. The highest BCUT2D eigenvalue weighted by Crippen LogP contribution is 2.34. The zero-order valence-corrected chi connectivity index (χ0v) is 18.7. The summed E-state index contributed by atoms with van der Waals surface area (Å²) in [5, 5.41) is 3.05. The SMILES string of the molecule is Cc1ccc(N(C(=O)C2CSC(=O)C2)C(C(=O)NC(C)(C)C)c2ccccc2)cc1. The van der Waals surface area contributed by atoms with Crippen LogP contribution in [0.25, 0.3) is 0 Å². The Labute approximate surface area is 182 Å². The minimum absolute atomic E-state index is 0.0209. The topological polar surface area (TPSA) is 66.5 Å². The van der Waals surface area contributed by atoms with Gasteiger partial charge in [0.15, 0.2) is 5.12 Å². The van der Waals surface area contributed by atoms with Gasteiger partial charge in [-0.3, -0.25) is 19.3 Å². The maximum atomic E-state index is 13.6. The van der Waals surface area contributed by atoms with Gasteiger partial charge in [-0.1, -0.05) is 59.8 Å². The molecule has 1 aliphatic heterocycles. The summed E-state index contributed by atoms with van der Waals surface area (Å²) in [6.07, 6.45) is 0.203. The Bertz CT molecular complexity index is 920. The van der Waals surface area contributed by atoms with E-state index in [0.29, 0.717) is 11.4 Å². The Balaban J connectivity index is 2.10. The molecule has 158 valence electrons. The van der Waals surface area contributed by atoms with Crippen LogP contribution in [0.3, 0.4) is 0 Å². The third kappa shape index (κ3) is 5.30. The van der Waals surface area contributed by atoms with Gasteiger partial charge in [-0.15, -0.1) is 0 Å². The molecule has 2 aromatic rings. The molecule has 3 rings (SSSR count). The van der Waals surface area contributed by atoms with Crippen molar-refractivity contribution in [3.8, 4) is 0 Å². The molecule has 0 radical (unpaired) electrons. The summed E-state index contributed by atoms with van der Waals surface area (Å²) in [7, 11) is 0. The first kappa shape index (κ1) is 22.1. The molecule has 1 heterocycles. The fraction of sp³-hybridized carbons (Fsp3) is 0.375. The number of benzene rings is 2. The van der Waals surface area contributed by atoms with Crippen LogP contribution in [-0.2, 0) is 14.4 Å². The molecule has 0 aromatic heterocycles. The van der Waals surface area contributed by atoms with Gasteiger partial charge in [0.05, 0.1) is 5.92 Å². The van der Waals surface area contributed by atoms with E-state index < -0.39 is 17.5 Å². The van der Waals surface area contributed by atoms with Crippen molar-refractivity contribution >= 4 is 34.4 Å². The number of thioether (sulfide) groups is 1. The molecule has 1 saturated heterocycles. The lowest BCUT2D eigenvalue weighted by Gasteiger charge is -2.35. The molecular formula is C24H28N2O3S. The first-order chi connectivity index (χ1) is 14.2. The predicted octanol–water partition coefficient (Wildman–Crippen LogP) is 4.26. The highest BCUT2D eigenvalue weighted by Gasteiger charge is 2.39. The highest BCUT2D eigenvalue weighted by atomic mass is 32.2. The smallest absolute Gasteiger partial charge is 0.248 e. The standard InChI is InChI=1S/C24H28N2O3S/c1-16-10-12-19(13-11-16)26(23(29)18-14-20(27)30-15-18)21(17-8-6-5-7-9-17)22(28)25-24(2,3)4/h5-13,18,21H,14-15H2,1-4H3,(H,25,28). The zero-order chi connectivity index (χ0) is 21.9. The van der Waals surface area contributed by atoms with E-state index >= 15 is 0 Å². The molecule has 1 aliphatic rings. The molecule has 30 heavy (non-hydrogen) atoms. The third-order valence-corrected chi connectivity index (χ3v) is 5.94. The van der Waals surface area contributed by atoms with Gasteiger partial charge >= 0.3 is 0 Å². The summed E-state index contributed by atoms with van der Waals surface area (Å²) in [5.74, 6) is -0.435. The molecule has 2 amide bonds. The van der Waals surface area contributed by atoms with Gasteiger partial charge in [-0.05, 0) is 45.4 Å². The summed E-state index contributed by atoms with van der Waals surface area (Å²) in [5.41, 5.74) is 1.98. The number of carbonyl (C=O) groups excluding carboxylic acids is 3. The van der Waals surface area contributed by atoms with Gasteiger partial charge in [0.1, 0.15) is 6.04 Å². The Morgan fingerprint density at radius 3 is 2.23 bits per heavy atom. The molecule has 0 aliphatic carbocycles. The van der Waals surface area contributed by atoms with Crippen LogP contribution in [0.2, 0.25) is 0 Å². The number of hydrogen-bond acceptors (Lipinski definition) is 4. The maximum absolute atomic E-state index is 13.6. The molecule has 2 atom stereocenters. The normalized spacial score (nSPS) is 17.5. The molecule has 0 saturated carbocycles. The van der Waals surface area contributed by atoms with E-state index in [1.165, 1.54) is 11.8 Å². The van der Waals surface area contributed by atoms with Gasteiger partial charge < -0.3 is 5.32 Å². The van der Waals surface area contributed by atoms with Crippen LogP contribution in [-0.4, -0.2) is 28.2 Å². The minimum atomic E-state index is -0.832. The highest BCUT2D eigenvalue weighted by molar-refractivity contribution is 8.14. The van der Waals surface area contributed by atoms with E-state index in [-0.39, 0.29) is 23.4 Å². The Morgan fingerprint density at radius 2 is 1.70 bits per heavy atom. The average molecular weight is 425 g/mol. The van der Waals surface area contributed by atoms with Crippen molar-refractivity contribution in [1.82, 2.24) is 5.32 Å². The molecule has 2 unspecified atom stereocenters. The third-order valence-electron chi connectivity index (χ3n) is 4.88. The van der Waals surface area contributed by atoms with Gasteiger partial charge in [0.2, 0.25) is 11.8 Å². The Kier molecular flexibility index (Phi) is 6.66. The van der Waals surface area contributed by atoms with E-state index in [1.54, 1.807) is 4.90 Å². The van der Waals surface area contributed by atoms with Crippen molar-refractivity contribution in [1.29, 1.82) is 0 Å². The van der Waals surface area contributed by atoms with Crippen molar-refractivity contribution in [3.63, 3.8) is 0 Å². The fourth-order valence-corrected chi connectivity index (χ4v) is 4.43. The minimum Gasteiger partial charge on any atom is -0.349 e. The number of carbonyl (C=O) groups is 3. The number of nitrogens with one attached hydrogen (secondary N) is 1. The average Bonchev–Trinajstić information content (AvgIpc) is 3.12. The van der Waals surface area contributed by atoms with Crippen molar-refractivity contribution in [2.24, 2.45) is 5.92 Å². The van der Waals surface area contributed by atoms with E-state index in [0.717, 1.165) is 11.1 Å². The Hall–Kier alpha value is -2.60. The quantitative estimate of drug-likeness (QED) is 0.779. The van der Waals surface area contributed by atoms with Gasteiger partial charge in [-0.2, -0.15) is 0 Å². The number of aryl methyl sites for hydroxylation is 1. The van der Waals surface area contributed by atoms with Crippen LogP contribution in [0.4, 0.5) is 5.69 Å². The first-order valence-corrected chi connectivity index (χ1v) is 11.1. The lowest BCUT2D eigenvalue weighted by Crippen LogP contribution is -2.50. The maximum Gasteiger partial charge on any atom is 0.248 e. The van der Waals surface area contributed by atoms with Gasteiger partial charge in [0.25, 0.3) is 0 Å². The molecule has 6 heteroatoms. The van der Waals surface area contributed by atoms with Gasteiger partial charge in [0, 0.05) is 23.4 Å². The summed E-state index contributed by atoms with van der Waals surface area (Å²) in [6, 6.07) is 16.1. The molecule has 0 bridgehead atoms. The number of rotatable bonds is 5. The largest absolute Gasteiger partial charge is 0.349 e. The Morgan fingerprint density at radius 1 is 1.07 bits per heavy atom. The lowest BCUT2D eigenvalue weighted by atomic mass is 9.98. The van der Waals surface area contributed by atoms with Crippen LogP contribution in [0.15, 0.2) is 54.6 Å². The van der Waals surface area contributed by atoms with E-state index in [2.05, 4.69) is 5.32 Å². The van der Waals surface area contributed by atoms with Crippen LogP contribution in [0, 0.1) is 12.8 Å². The summed E-state index contributed by atoms with van der Waals surface area (Å²) in [4.78, 5) is 40.5. The first-order valence-electron chi connectivity index (χ1n) is 10.1. The van der Waals surface area contributed by atoms with Crippen LogP contribution in [0.5, 0.6) is 0 Å². The second-order valence-corrected chi connectivity index (χ2v) is 9.76. The summed E-state index contributed by atoms with van der Waals surface area (Å²) >= 11 is 1.19. The molecule has 5 nitrogen and oxygen atoms in total. The monoisotopic (exact) mass is 424 g/mol. The molecule has 0 spiro atoms. The number of hydrogen-bond donors (Lipinski definition) is 1. The number of anilines is 1. The molecule has 1 N–H and O–H groups in total. The van der Waals surface area contributed by atoms with Crippen molar-refractivity contribution in [2.75, 3.05) is 10.7 Å². The predicted molar refractivity (Wildman–Crippen MR) is 121 cm³/mol.